The molecule has 0 aliphatic rings. The minimum atomic E-state index is 0. The molecule has 2 heteroatoms. The van der Waals surface area contributed by atoms with Gasteiger partial charge in [-0.05, 0) is 6.42 Å². The lowest BCUT2D eigenvalue weighted by atomic mass is 10.1. The Bertz CT molecular complexity index is 325. The van der Waals surface area contributed by atoms with Gasteiger partial charge in [0.25, 0.3) is 0 Å². The predicted molar refractivity (Wildman–Crippen MR) is 83.2 cm³/mol. The highest BCUT2D eigenvalue weighted by atomic mass is 35.5. The van der Waals surface area contributed by atoms with Crippen LogP contribution in [0.4, 0.5) is 0 Å². The van der Waals surface area contributed by atoms with Crippen LogP contribution >= 0.6 is 0 Å². The Kier molecular flexibility index (Phi) is 13.0. The van der Waals surface area contributed by atoms with Gasteiger partial charge in [0.1, 0.15) is 7.05 Å². The van der Waals surface area contributed by atoms with Crippen LogP contribution in [0.1, 0.15) is 76.8 Å². The summed E-state index contributed by atoms with van der Waals surface area (Å²) in [7, 11) is 2.14. The van der Waals surface area contributed by atoms with E-state index in [1.165, 1.54) is 76.3 Å². The van der Waals surface area contributed by atoms with E-state index in [-0.39, 0.29) is 12.4 Å². The van der Waals surface area contributed by atoms with Crippen molar-refractivity contribution in [1.82, 2.24) is 0 Å². The maximum Gasteiger partial charge on any atom is 0.181 e. The lowest BCUT2D eigenvalue weighted by molar-refractivity contribution is -0.679. The van der Waals surface area contributed by atoms with Crippen LogP contribution in [-0.2, 0) is 13.5 Å². The Morgan fingerprint density at radius 3 is 1.90 bits per heavy atom. The number of aromatic nitrogens is 1. The molecule has 0 radical (unpaired) electrons. The fraction of sp³-hybridized carbons (Fsp3) is 0.722. The zero-order valence-corrected chi connectivity index (χ0v) is 14.2. The number of aryl methyl sites for hydroxylation is 2. The van der Waals surface area contributed by atoms with Crippen molar-refractivity contribution >= 4 is 0 Å². The van der Waals surface area contributed by atoms with Crippen molar-refractivity contribution in [3.63, 3.8) is 0 Å². The van der Waals surface area contributed by atoms with Crippen LogP contribution in [0.3, 0.4) is 0 Å². The van der Waals surface area contributed by atoms with E-state index in [9.17, 15) is 0 Å². The summed E-state index contributed by atoms with van der Waals surface area (Å²) in [5.74, 6) is 0. The summed E-state index contributed by atoms with van der Waals surface area (Å²) in [5.41, 5.74) is 1.46. The molecule has 0 aromatic carbocycles. The monoisotopic (exact) mass is 297 g/mol. The van der Waals surface area contributed by atoms with Gasteiger partial charge in [0.2, 0.25) is 0 Å². The molecule has 0 saturated heterocycles. The maximum atomic E-state index is 2.28. The summed E-state index contributed by atoms with van der Waals surface area (Å²) in [6.07, 6.45) is 17.5. The quantitative estimate of drug-likeness (QED) is 0.434. The van der Waals surface area contributed by atoms with Gasteiger partial charge in [0.15, 0.2) is 11.9 Å². The van der Waals surface area contributed by atoms with Crippen molar-refractivity contribution in [1.29, 1.82) is 0 Å². The van der Waals surface area contributed by atoms with E-state index in [2.05, 4.69) is 42.9 Å². The van der Waals surface area contributed by atoms with Gasteiger partial charge >= 0.3 is 0 Å². The standard InChI is InChI=1S/C18H32N.ClH/c1-3-4-5-6-7-8-9-10-11-12-15-18-16-13-14-17-19(18)2;/h13-14,16-17H,3-12,15H2,1-2H3;1H/q+1;/p-1. The first-order valence-corrected chi connectivity index (χ1v) is 8.28. The van der Waals surface area contributed by atoms with Crippen molar-refractivity contribution < 1.29 is 17.0 Å². The lowest BCUT2D eigenvalue weighted by Crippen LogP contribution is -3.00. The van der Waals surface area contributed by atoms with Gasteiger partial charge in [-0.2, -0.15) is 0 Å². The molecule has 1 heterocycles. The predicted octanol–water partition coefficient (Wildman–Crippen LogP) is 1.98. The van der Waals surface area contributed by atoms with Gasteiger partial charge in [0, 0.05) is 18.6 Å². The number of rotatable bonds is 11. The van der Waals surface area contributed by atoms with Crippen LogP contribution < -0.4 is 17.0 Å². The van der Waals surface area contributed by atoms with Gasteiger partial charge in [-0.15, -0.1) is 0 Å². The van der Waals surface area contributed by atoms with E-state index in [1.54, 1.807) is 0 Å². The number of halogens is 1. The number of pyridine rings is 1. The first-order valence-electron chi connectivity index (χ1n) is 8.28. The molecular weight excluding hydrogens is 266 g/mol. The van der Waals surface area contributed by atoms with Crippen LogP contribution in [0.5, 0.6) is 0 Å². The highest BCUT2D eigenvalue weighted by Gasteiger charge is 2.03. The molecule has 0 aliphatic carbocycles. The van der Waals surface area contributed by atoms with Crippen LogP contribution in [0.2, 0.25) is 0 Å². The summed E-state index contributed by atoms with van der Waals surface area (Å²) in [5, 5.41) is 0. The maximum absolute atomic E-state index is 2.28. The summed E-state index contributed by atoms with van der Waals surface area (Å²) < 4.78 is 2.24. The number of hydrogen-bond acceptors (Lipinski definition) is 0. The van der Waals surface area contributed by atoms with Gasteiger partial charge in [-0.1, -0.05) is 70.8 Å². The molecule has 0 atom stereocenters. The molecule has 0 N–H and O–H groups in total. The third kappa shape index (κ3) is 9.36. The molecule has 20 heavy (non-hydrogen) atoms. The second-order valence-electron chi connectivity index (χ2n) is 5.73. The van der Waals surface area contributed by atoms with E-state index >= 15 is 0 Å². The minimum Gasteiger partial charge on any atom is -1.00 e. The average molecular weight is 298 g/mol. The Morgan fingerprint density at radius 2 is 1.35 bits per heavy atom. The molecule has 116 valence electrons. The second kappa shape index (κ2) is 13.4. The fourth-order valence-corrected chi connectivity index (χ4v) is 2.61. The first-order chi connectivity index (χ1) is 9.34. The summed E-state index contributed by atoms with van der Waals surface area (Å²) >= 11 is 0. The molecule has 0 saturated carbocycles. The first kappa shape index (κ1) is 19.4. The zero-order valence-electron chi connectivity index (χ0n) is 13.4. The van der Waals surface area contributed by atoms with Gasteiger partial charge in [-0.25, -0.2) is 4.57 Å². The minimum absolute atomic E-state index is 0. The van der Waals surface area contributed by atoms with Crippen molar-refractivity contribution in [3.8, 4) is 0 Å². The molecule has 0 spiro atoms. The molecular formula is C18H32ClN. The Hall–Kier alpha value is -0.560. The highest BCUT2D eigenvalue weighted by molar-refractivity contribution is 4.96. The smallest absolute Gasteiger partial charge is 0.181 e. The molecule has 0 unspecified atom stereocenters. The Balaban J connectivity index is 0.00000361. The topological polar surface area (TPSA) is 3.88 Å². The van der Waals surface area contributed by atoms with Crippen LogP contribution in [0.25, 0.3) is 0 Å². The van der Waals surface area contributed by atoms with Crippen molar-refractivity contribution in [3.05, 3.63) is 30.1 Å². The number of hydrogen-bond donors (Lipinski definition) is 0. The Morgan fingerprint density at radius 1 is 0.800 bits per heavy atom. The average Bonchev–Trinajstić information content (AvgIpc) is 2.43. The van der Waals surface area contributed by atoms with Gasteiger partial charge in [0.05, 0.1) is 0 Å². The molecule has 1 aromatic heterocycles. The third-order valence-electron chi connectivity index (χ3n) is 3.95. The highest BCUT2D eigenvalue weighted by Crippen LogP contribution is 2.11. The molecule has 1 aromatic rings. The molecule has 1 rings (SSSR count). The molecule has 0 amide bonds. The lowest BCUT2D eigenvalue weighted by Gasteiger charge is -2.02. The van der Waals surface area contributed by atoms with E-state index in [0.29, 0.717) is 0 Å². The zero-order chi connectivity index (χ0) is 13.8. The van der Waals surface area contributed by atoms with Gasteiger partial charge < -0.3 is 12.4 Å². The van der Waals surface area contributed by atoms with Crippen molar-refractivity contribution in [2.45, 2.75) is 77.6 Å². The van der Waals surface area contributed by atoms with Crippen LogP contribution in [0, 0.1) is 0 Å². The van der Waals surface area contributed by atoms with E-state index in [1.807, 2.05) is 0 Å². The molecule has 0 bridgehead atoms. The van der Waals surface area contributed by atoms with Gasteiger partial charge in [-0.3, -0.25) is 0 Å². The van der Waals surface area contributed by atoms with Crippen LogP contribution in [-0.4, -0.2) is 0 Å². The number of nitrogens with zero attached hydrogens (tertiary/aromatic N) is 1. The van der Waals surface area contributed by atoms with E-state index < -0.39 is 0 Å². The number of unbranched alkanes of at least 4 members (excludes halogenated alkanes) is 9. The second-order valence-corrected chi connectivity index (χ2v) is 5.73. The third-order valence-corrected chi connectivity index (χ3v) is 3.95. The summed E-state index contributed by atoms with van der Waals surface area (Å²) in [6, 6.07) is 6.49. The molecule has 0 fully saturated rings. The SMILES string of the molecule is CCCCCCCCCCCCc1cccc[n+]1C.[Cl-]. The summed E-state index contributed by atoms with van der Waals surface area (Å²) in [4.78, 5) is 0. The molecule has 0 aliphatic heterocycles. The normalized spacial score (nSPS) is 10.3. The fourth-order valence-electron chi connectivity index (χ4n) is 2.61. The van der Waals surface area contributed by atoms with Crippen molar-refractivity contribution in [2.24, 2.45) is 7.05 Å². The molecule has 1 nitrogen and oxygen atoms in total. The van der Waals surface area contributed by atoms with Crippen molar-refractivity contribution in [2.75, 3.05) is 0 Å². The van der Waals surface area contributed by atoms with E-state index in [4.69, 9.17) is 0 Å². The largest absolute Gasteiger partial charge is 1.00 e. The van der Waals surface area contributed by atoms with Crippen LogP contribution in [0.15, 0.2) is 24.4 Å². The summed E-state index contributed by atoms with van der Waals surface area (Å²) in [6.45, 7) is 2.28. The van der Waals surface area contributed by atoms with E-state index in [0.717, 1.165) is 0 Å². The Labute approximate surface area is 132 Å².